The molecule has 0 atom stereocenters. The minimum absolute atomic E-state index is 0.294. The van der Waals surface area contributed by atoms with E-state index in [9.17, 15) is 4.39 Å². The van der Waals surface area contributed by atoms with Gasteiger partial charge < -0.3 is 19.2 Å². The lowest BCUT2D eigenvalue weighted by Gasteiger charge is -2.17. The molecule has 2 aromatic carbocycles. The van der Waals surface area contributed by atoms with Crippen LogP contribution in [0.15, 0.2) is 53.2 Å². The highest BCUT2D eigenvalue weighted by molar-refractivity contribution is 6.06. The van der Waals surface area contributed by atoms with Gasteiger partial charge in [-0.25, -0.2) is 14.4 Å². The van der Waals surface area contributed by atoms with Gasteiger partial charge in [0.1, 0.15) is 23.7 Å². The van der Waals surface area contributed by atoms with Gasteiger partial charge in [-0.3, -0.25) is 0 Å². The quantitative estimate of drug-likeness (QED) is 0.317. The van der Waals surface area contributed by atoms with Crippen molar-refractivity contribution < 1.29 is 18.3 Å². The zero-order valence-corrected chi connectivity index (χ0v) is 19.4. The first-order valence-corrected chi connectivity index (χ1v) is 11.7. The van der Waals surface area contributed by atoms with Crippen molar-refractivity contribution in [2.45, 2.75) is 44.6 Å². The molecule has 1 aliphatic carbocycles. The lowest BCUT2D eigenvalue weighted by Crippen LogP contribution is -2.19. The van der Waals surface area contributed by atoms with E-state index >= 15 is 0 Å². The lowest BCUT2D eigenvalue weighted by molar-refractivity contribution is 0.355. The zero-order valence-electron chi connectivity index (χ0n) is 19.4. The summed E-state index contributed by atoms with van der Waals surface area (Å²) in [6.45, 7) is 0. The maximum atomic E-state index is 13.8. The van der Waals surface area contributed by atoms with Crippen LogP contribution in [0.4, 0.5) is 10.2 Å². The third-order valence-electron chi connectivity index (χ3n) is 6.46. The van der Waals surface area contributed by atoms with Gasteiger partial charge in [-0.05, 0) is 48.7 Å². The van der Waals surface area contributed by atoms with E-state index in [0.717, 1.165) is 40.7 Å². The number of methoxy groups -OCH3 is 2. The van der Waals surface area contributed by atoms with Crippen LogP contribution in [0.3, 0.4) is 0 Å². The Balaban J connectivity index is 1.69. The van der Waals surface area contributed by atoms with Crippen LogP contribution < -0.4 is 14.8 Å². The first-order valence-electron chi connectivity index (χ1n) is 11.7. The highest BCUT2D eigenvalue weighted by Gasteiger charge is 2.24. The van der Waals surface area contributed by atoms with E-state index in [-0.39, 0.29) is 5.82 Å². The third-order valence-corrected chi connectivity index (χ3v) is 6.46. The van der Waals surface area contributed by atoms with Crippen molar-refractivity contribution >= 4 is 16.9 Å². The molecule has 1 N–H and O–H groups in total. The Bertz CT molecular complexity index is 1280. The fraction of sp³-hybridized carbons (Fsp3) is 0.333. The summed E-state index contributed by atoms with van der Waals surface area (Å²) in [6, 6.07) is 12.4. The standard InChI is InChI=1S/C27H28FN3O3/c1-32-21-14-11-18(15-22(21)33-2)25-23(17-9-12-19(28)13-10-17)24-26(29-16-30-27(24)34-25)31-20-7-5-3-4-6-8-20/h9-16,20H,3-8H2,1-2H3,(H,29,30,31). The molecule has 6 nitrogen and oxygen atoms in total. The molecule has 0 bridgehead atoms. The van der Waals surface area contributed by atoms with E-state index in [2.05, 4.69) is 15.3 Å². The highest BCUT2D eigenvalue weighted by Crippen LogP contribution is 2.44. The van der Waals surface area contributed by atoms with Gasteiger partial charge in [-0.2, -0.15) is 0 Å². The van der Waals surface area contributed by atoms with Crippen LogP contribution >= 0.6 is 0 Å². The number of nitrogens with one attached hydrogen (secondary N) is 1. The first kappa shape index (κ1) is 22.2. The summed E-state index contributed by atoms with van der Waals surface area (Å²) in [5, 5.41) is 4.46. The Morgan fingerprint density at radius 3 is 2.29 bits per heavy atom. The van der Waals surface area contributed by atoms with Crippen molar-refractivity contribution in [2.75, 3.05) is 19.5 Å². The average Bonchev–Trinajstić information content (AvgIpc) is 3.07. The second kappa shape index (κ2) is 9.71. The van der Waals surface area contributed by atoms with Gasteiger partial charge in [0, 0.05) is 17.2 Å². The highest BCUT2D eigenvalue weighted by atomic mass is 19.1. The van der Waals surface area contributed by atoms with Crippen molar-refractivity contribution in [1.82, 2.24) is 9.97 Å². The van der Waals surface area contributed by atoms with E-state index in [1.165, 1.54) is 44.1 Å². The predicted molar refractivity (Wildman–Crippen MR) is 131 cm³/mol. The minimum atomic E-state index is -0.294. The lowest BCUT2D eigenvalue weighted by atomic mass is 9.98. The molecule has 0 radical (unpaired) electrons. The van der Waals surface area contributed by atoms with Gasteiger partial charge >= 0.3 is 0 Å². The number of anilines is 1. The van der Waals surface area contributed by atoms with Crippen LogP contribution in [0.1, 0.15) is 38.5 Å². The molecule has 176 valence electrons. The number of furan rings is 1. The number of ether oxygens (including phenoxy) is 2. The van der Waals surface area contributed by atoms with Crippen LogP contribution in [0, 0.1) is 5.82 Å². The molecule has 0 unspecified atom stereocenters. The Kier molecular flexibility index (Phi) is 6.34. The zero-order chi connectivity index (χ0) is 23.5. The molecule has 4 aromatic rings. The van der Waals surface area contributed by atoms with Crippen molar-refractivity contribution in [3.63, 3.8) is 0 Å². The topological polar surface area (TPSA) is 69.4 Å². The van der Waals surface area contributed by atoms with Crippen molar-refractivity contribution in [3.8, 4) is 33.9 Å². The summed E-state index contributed by atoms with van der Waals surface area (Å²) in [7, 11) is 3.20. The number of hydrogen-bond donors (Lipinski definition) is 1. The summed E-state index contributed by atoms with van der Waals surface area (Å²) in [5.74, 6) is 2.28. The van der Waals surface area contributed by atoms with Crippen molar-refractivity contribution in [3.05, 3.63) is 54.6 Å². The van der Waals surface area contributed by atoms with Crippen LogP contribution in [0.2, 0.25) is 0 Å². The number of nitrogens with zero attached hydrogens (tertiary/aromatic N) is 2. The van der Waals surface area contributed by atoms with Crippen LogP contribution in [0.25, 0.3) is 33.6 Å². The van der Waals surface area contributed by atoms with Gasteiger partial charge in [0.05, 0.1) is 19.6 Å². The Morgan fingerprint density at radius 1 is 0.882 bits per heavy atom. The Labute approximate surface area is 198 Å². The summed E-state index contributed by atoms with van der Waals surface area (Å²) in [4.78, 5) is 9.03. The summed E-state index contributed by atoms with van der Waals surface area (Å²) in [6.07, 6.45) is 8.70. The molecule has 2 aromatic heterocycles. The van der Waals surface area contributed by atoms with Gasteiger partial charge in [-0.15, -0.1) is 0 Å². The van der Waals surface area contributed by atoms with Crippen molar-refractivity contribution in [2.24, 2.45) is 0 Å². The third kappa shape index (κ3) is 4.30. The van der Waals surface area contributed by atoms with Gasteiger partial charge in [0.2, 0.25) is 5.71 Å². The molecular formula is C27H28FN3O3. The van der Waals surface area contributed by atoms with Crippen molar-refractivity contribution in [1.29, 1.82) is 0 Å². The molecule has 7 heteroatoms. The maximum absolute atomic E-state index is 13.8. The minimum Gasteiger partial charge on any atom is -0.493 e. The van der Waals surface area contributed by atoms with Gasteiger partial charge in [0.25, 0.3) is 0 Å². The molecule has 1 fully saturated rings. The number of aromatic nitrogens is 2. The predicted octanol–water partition coefficient (Wildman–Crippen LogP) is 6.85. The van der Waals surface area contributed by atoms with E-state index in [4.69, 9.17) is 13.9 Å². The van der Waals surface area contributed by atoms with E-state index in [1.54, 1.807) is 26.4 Å². The molecule has 0 amide bonds. The normalized spacial score (nSPS) is 14.7. The maximum Gasteiger partial charge on any atom is 0.232 e. The molecule has 5 rings (SSSR count). The SMILES string of the molecule is COc1ccc(-c2oc3ncnc(NC4CCCCCC4)c3c2-c2ccc(F)cc2)cc1OC. The first-order chi connectivity index (χ1) is 16.7. The fourth-order valence-corrected chi connectivity index (χ4v) is 4.73. The second-order valence-corrected chi connectivity index (χ2v) is 8.62. The number of hydrogen-bond acceptors (Lipinski definition) is 6. The fourth-order valence-electron chi connectivity index (χ4n) is 4.73. The Hall–Kier alpha value is -3.61. The number of rotatable bonds is 6. The molecule has 0 saturated heterocycles. The summed E-state index contributed by atoms with van der Waals surface area (Å²) < 4.78 is 31.0. The number of halogens is 1. The van der Waals surface area contributed by atoms with E-state index in [1.807, 2.05) is 18.2 Å². The molecule has 2 heterocycles. The second-order valence-electron chi connectivity index (χ2n) is 8.62. The monoisotopic (exact) mass is 461 g/mol. The van der Waals surface area contributed by atoms with Crippen LogP contribution in [-0.2, 0) is 0 Å². The van der Waals surface area contributed by atoms with Gasteiger partial charge in [0.15, 0.2) is 11.5 Å². The molecule has 1 aliphatic rings. The van der Waals surface area contributed by atoms with E-state index < -0.39 is 0 Å². The van der Waals surface area contributed by atoms with Crippen LogP contribution in [-0.4, -0.2) is 30.2 Å². The van der Waals surface area contributed by atoms with E-state index in [0.29, 0.717) is 29.0 Å². The molecule has 0 spiro atoms. The Morgan fingerprint density at radius 2 is 1.59 bits per heavy atom. The summed E-state index contributed by atoms with van der Waals surface area (Å²) >= 11 is 0. The molecule has 1 saturated carbocycles. The molecule has 0 aliphatic heterocycles. The summed E-state index contributed by atoms with van der Waals surface area (Å²) in [5.41, 5.74) is 2.92. The molecule has 34 heavy (non-hydrogen) atoms. The smallest absolute Gasteiger partial charge is 0.232 e. The van der Waals surface area contributed by atoms with Crippen LogP contribution in [0.5, 0.6) is 11.5 Å². The largest absolute Gasteiger partial charge is 0.493 e. The molecular weight excluding hydrogens is 433 g/mol. The van der Waals surface area contributed by atoms with Gasteiger partial charge in [-0.1, -0.05) is 37.8 Å². The average molecular weight is 462 g/mol. The number of benzene rings is 2. The number of fused-ring (bicyclic) bond motifs is 1.